The molecule has 3 heterocycles. The van der Waals surface area contributed by atoms with Crippen LogP contribution in [-0.2, 0) is 19.6 Å². The number of hydrogen-bond donors (Lipinski definition) is 1. The van der Waals surface area contributed by atoms with Gasteiger partial charge in [-0.25, -0.2) is 8.42 Å². The Balaban J connectivity index is 1.61. The Hall–Kier alpha value is -2.88. The molecule has 0 bridgehead atoms. The molecule has 8 nitrogen and oxygen atoms in total. The third-order valence-corrected chi connectivity index (χ3v) is 9.26. The van der Waals surface area contributed by atoms with E-state index in [-0.39, 0.29) is 29.6 Å². The van der Waals surface area contributed by atoms with Crippen LogP contribution < -0.4 is 9.21 Å². The molecule has 9 heteroatoms. The second-order valence-corrected chi connectivity index (χ2v) is 13.7. The van der Waals surface area contributed by atoms with Crippen LogP contribution in [0.1, 0.15) is 45.2 Å². The van der Waals surface area contributed by atoms with Gasteiger partial charge in [-0.2, -0.15) is 0 Å². The molecule has 2 aromatic carbocycles. The van der Waals surface area contributed by atoms with Gasteiger partial charge in [-0.1, -0.05) is 18.2 Å². The molecule has 0 radical (unpaired) electrons. The summed E-state index contributed by atoms with van der Waals surface area (Å²) < 4.78 is 36.0. The summed E-state index contributed by atoms with van der Waals surface area (Å²) in [5.74, 6) is -0.876. The topological polar surface area (TPSA) is 90.4 Å². The van der Waals surface area contributed by atoms with Crippen molar-refractivity contribution in [1.82, 2.24) is 4.90 Å². The van der Waals surface area contributed by atoms with E-state index in [2.05, 4.69) is 30.9 Å². The van der Waals surface area contributed by atoms with Gasteiger partial charge in [-0.15, -0.1) is 0 Å². The fraction of sp³-hybridized carbons (Fsp3) is 0.483. The zero-order chi connectivity index (χ0) is 27.5. The molecule has 204 valence electrons. The van der Waals surface area contributed by atoms with Crippen LogP contribution >= 0.6 is 0 Å². The zero-order valence-electron chi connectivity index (χ0n) is 22.8. The first-order valence-electron chi connectivity index (χ1n) is 13.1. The minimum absolute atomic E-state index is 0.0530. The van der Waals surface area contributed by atoms with E-state index in [1.54, 1.807) is 18.2 Å². The predicted molar refractivity (Wildman–Crippen MR) is 149 cm³/mol. The average molecular weight is 540 g/mol. The molecule has 0 aromatic heterocycles. The molecule has 3 aliphatic rings. The van der Waals surface area contributed by atoms with Crippen LogP contribution in [-0.4, -0.2) is 74.4 Å². The molecule has 1 fully saturated rings. The van der Waals surface area contributed by atoms with Crippen LogP contribution in [0.4, 0.5) is 11.4 Å². The number of ether oxygens (including phenoxy) is 1. The summed E-state index contributed by atoms with van der Waals surface area (Å²) in [6.07, 6.45) is 2.85. The summed E-state index contributed by atoms with van der Waals surface area (Å²) >= 11 is 0. The summed E-state index contributed by atoms with van der Waals surface area (Å²) in [6, 6.07) is 12.9. The number of aryl methyl sites for hydroxylation is 1. The van der Waals surface area contributed by atoms with Crippen LogP contribution in [0.2, 0.25) is 0 Å². The van der Waals surface area contributed by atoms with Crippen LogP contribution in [0.5, 0.6) is 0 Å². The molecule has 0 spiro atoms. The number of hydrogen-bond acceptors (Lipinski definition) is 6. The van der Waals surface area contributed by atoms with Crippen molar-refractivity contribution in [2.75, 3.05) is 41.9 Å². The first-order valence-corrected chi connectivity index (χ1v) is 14.5. The van der Waals surface area contributed by atoms with Crippen LogP contribution in [0.3, 0.4) is 0 Å². The van der Waals surface area contributed by atoms with Crippen LogP contribution in [0.25, 0.3) is 5.57 Å². The second kappa shape index (κ2) is 9.39. The Morgan fingerprint density at radius 2 is 1.82 bits per heavy atom. The molecule has 1 saturated heterocycles. The molecule has 5 rings (SSSR count). The van der Waals surface area contributed by atoms with E-state index in [4.69, 9.17) is 4.74 Å². The fourth-order valence-corrected chi connectivity index (χ4v) is 7.82. The van der Waals surface area contributed by atoms with Crippen molar-refractivity contribution in [3.05, 3.63) is 59.7 Å². The minimum atomic E-state index is -3.85. The number of anilines is 2. The van der Waals surface area contributed by atoms with Gasteiger partial charge >= 0.3 is 5.97 Å². The number of carbonyl (C=O) groups is 1. The van der Waals surface area contributed by atoms with E-state index in [9.17, 15) is 18.3 Å². The van der Waals surface area contributed by atoms with E-state index < -0.39 is 21.6 Å². The maximum absolute atomic E-state index is 14.1. The Kier molecular flexibility index (Phi) is 6.60. The number of benzene rings is 2. The SMILES string of the molecule is Cc1cccc(S(=O)(=O)N2C[C@@H]3CN(CC(=O)O)CCN3c3ccc(C4=CC(C)(C)OC(C)(C)C4)cc32)c1. The number of rotatable bonds is 5. The number of piperazine rings is 1. The third-order valence-electron chi connectivity index (χ3n) is 7.48. The number of fused-ring (bicyclic) bond motifs is 3. The van der Waals surface area contributed by atoms with E-state index >= 15 is 0 Å². The highest BCUT2D eigenvalue weighted by Crippen LogP contribution is 2.44. The highest BCUT2D eigenvalue weighted by atomic mass is 32.2. The number of carboxylic acid groups (broad SMARTS) is 1. The van der Waals surface area contributed by atoms with Gasteiger partial charge < -0.3 is 14.7 Å². The summed E-state index contributed by atoms with van der Waals surface area (Å²) in [5, 5.41) is 9.33. The Bertz CT molecular complexity index is 1400. The summed E-state index contributed by atoms with van der Waals surface area (Å²) in [4.78, 5) is 15.8. The highest BCUT2D eigenvalue weighted by molar-refractivity contribution is 7.92. The lowest BCUT2D eigenvalue weighted by Crippen LogP contribution is -2.61. The first kappa shape index (κ1) is 26.7. The van der Waals surface area contributed by atoms with Gasteiger partial charge in [0.15, 0.2) is 0 Å². The molecule has 0 amide bonds. The van der Waals surface area contributed by atoms with Crippen molar-refractivity contribution >= 4 is 32.9 Å². The van der Waals surface area contributed by atoms with Crippen molar-refractivity contribution in [3.8, 4) is 0 Å². The van der Waals surface area contributed by atoms with Crippen molar-refractivity contribution in [1.29, 1.82) is 0 Å². The lowest BCUT2D eigenvalue weighted by molar-refractivity contribution is -0.138. The number of sulfonamides is 1. The van der Waals surface area contributed by atoms with Gasteiger partial charge in [-0.05, 0) is 81.7 Å². The largest absolute Gasteiger partial charge is 0.480 e. The van der Waals surface area contributed by atoms with Crippen LogP contribution in [0.15, 0.2) is 53.4 Å². The third kappa shape index (κ3) is 5.19. The highest BCUT2D eigenvalue weighted by Gasteiger charge is 2.41. The molecule has 2 aromatic rings. The molecular weight excluding hydrogens is 502 g/mol. The van der Waals surface area contributed by atoms with Gasteiger partial charge in [0.1, 0.15) is 0 Å². The van der Waals surface area contributed by atoms with E-state index in [0.717, 1.165) is 28.8 Å². The van der Waals surface area contributed by atoms with Gasteiger partial charge in [0.2, 0.25) is 0 Å². The Labute approximate surface area is 225 Å². The van der Waals surface area contributed by atoms with Crippen molar-refractivity contribution in [2.24, 2.45) is 0 Å². The van der Waals surface area contributed by atoms with E-state index in [1.165, 1.54) is 4.31 Å². The van der Waals surface area contributed by atoms with Gasteiger partial charge in [0.05, 0.1) is 46.6 Å². The Morgan fingerprint density at radius 1 is 1.05 bits per heavy atom. The van der Waals surface area contributed by atoms with Crippen LogP contribution in [0, 0.1) is 6.92 Å². The zero-order valence-corrected chi connectivity index (χ0v) is 23.6. The minimum Gasteiger partial charge on any atom is -0.480 e. The molecule has 0 saturated carbocycles. The number of nitrogens with zero attached hydrogens (tertiary/aromatic N) is 3. The Morgan fingerprint density at radius 3 is 2.50 bits per heavy atom. The van der Waals surface area contributed by atoms with Crippen molar-refractivity contribution in [2.45, 2.75) is 63.2 Å². The summed E-state index contributed by atoms with van der Waals surface area (Å²) in [5.41, 5.74) is 3.74. The second-order valence-electron chi connectivity index (χ2n) is 11.8. The first-order chi connectivity index (χ1) is 17.7. The molecule has 0 unspecified atom stereocenters. The van der Waals surface area contributed by atoms with E-state index in [0.29, 0.717) is 25.3 Å². The monoisotopic (exact) mass is 539 g/mol. The molecular formula is C29H37N3O5S. The molecule has 1 atom stereocenters. The fourth-order valence-electron chi connectivity index (χ4n) is 6.21. The molecule has 0 aliphatic carbocycles. The lowest BCUT2D eigenvalue weighted by atomic mass is 9.85. The molecule has 1 N–H and O–H groups in total. The lowest BCUT2D eigenvalue weighted by Gasteiger charge is -2.49. The van der Waals surface area contributed by atoms with Gasteiger partial charge in [0, 0.05) is 26.1 Å². The summed E-state index contributed by atoms with van der Waals surface area (Å²) in [6.45, 7) is 12.1. The number of carboxylic acids is 1. The predicted octanol–water partition coefficient (Wildman–Crippen LogP) is 4.14. The average Bonchev–Trinajstić information content (AvgIpc) is 2.80. The van der Waals surface area contributed by atoms with Gasteiger partial charge in [0.25, 0.3) is 10.0 Å². The maximum atomic E-state index is 14.1. The molecule has 3 aliphatic heterocycles. The van der Waals surface area contributed by atoms with Crippen molar-refractivity contribution in [3.63, 3.8) is 0 Å². The quantitative estimate of drug-likeness (QED) is 0.611. The van der Waals surface area contributed by atoms with Gasteiger partial charge in [-0.3, -0.25) is 14.0 Å². The normalized spacial score (nSPS) is 22.9. The standard InChI is InChI=1S/C29H37N3O5S/c1-20-7-6-8-24(13-20)38(35,36)32-18-23-17-30(19-27(33)34)11-12-31(23)25-10-9-21(14-26(25)32)22-15-28(2,3)37-29(4,5)16-22/h6-10,13-15,23H,11-12,16-19H2,1-5H3,(H,33,34)/t23-/m0/s1. The molecule has 38 heavy (non-hydrogen) atoms. The maximum Gasteiger partial charge on any atom is 0.317 e. The number of aliphatic carboxylic acids is 1. The smallest absolute Gasteiger partial charge is 0.317 e. The van der Waals surface area contributed by atoms with E-state index in [1.807, 2.05) is 43.9 Å². The summed E-state index contributed by atoms with van der Waals surface area (Å²) in [7, 11) is -3.85. The van der Waals surface area contributed by atoms with Crippen molar-refractivity contribution < 1.29 is 23.1 Å².